The van der Waals surface area contributed by atoms with Crippen LogP contribution in [0.25, 0.3) is 0 Å². The third-order valence-corrected chi connectivity index (χ3v) is 3.70. The third kappa shape index (κ3) is 3.90. The second kappa shape index (κ2) is 7.15. The van der Waals surface area contributed by atoms with E-state index in [0.29, 0.717) is 22.9 Å². The molecule has 7 heteroatoms. The summed E-state index contributed by atoms with van der Waals surface area (Å²) < 4.78 is 0. The van der Waals surface area contributed by atoms with Gasteiger partial charge in [-0.25, -0.2) is 9.78 Å². The molecule has 116 valence electrons. The highest BCUT2D eigenvalue weighted by Crippen LogP contribution is 2.22. The van der Waals surface area contributed by atoms with E-state index < -0.39 is 6.03 Å². The zero-order chi connectivity index (χ0) is 16.1. The van der Waals surface area contributed by atoms with Crippen molar-refractivity contribution in [3.8, 4) is 0 Å². The zero-order valence-electron chi connectivity index (χ0n) is 12.4. The second-order valence-electron chi connectivity index (χ2n) is 5.02. The van der Waals surface area contributed by atoms with E-state index in [1.807, 2.05) is 13.8 Å². The average molecular weight is 318 g/mol. The van der Waals surface area contributed by atoms with Gasteiger partial charge in [-0.3, -0.25) is 10.1 Å². The van der Waals surface area contributed by atoms with Crippen LogP contribution in [-0.4, -0.2) is 16.8 Å². The Kier molecular flexibility index (Phi) is 5.24. The monoisotopic (exact) mass is 318 g/mol. The molecule has 0 radical (unpaired) electrons. The lowest BCUT2D eigenvalue weighted by molar-refractivity contribution is 0.0940. The number of hydrogen-bond acceptors (Lipinski definition) is 5. The lowest BCUT2D eigenvalue weighted by Gasteiger charge is -2.13. The number of Topliss-reactive ketones (excluding diaryl/α,β-unsaturated/α-hetero) is 1. The third-order valence-electron chi connectivity index (χ3n) is 3.01. The molecule has 2 aromatic rings. The Morgan fingerprint density at radius 3 is 2.68 bits per heavy atom. The number of nitrogens with one attached hydrogen (secondary N) is 2. The fourth-order valence-electron chi connectivity index (χ4n) is 1.88. The highest BCUT2D eigenvalue weighted by molar-refractivity contribution is 7.13. The quantitative estimate of drug-likeness (QED) is 0.738. The van der Waals surface area contributed by atoms with Crippen molar-refractivity contribution in [2.75, 3.05) is 10.6 Å². The summed E-state index contributed by atoms with van der Waals surface area (Å²) in [6, 6.07) is 4.77. The summed E-state index contributed by atoms with van der Waals surface area (Å²) in [5.41, 5.74) is 7.39. The molecule has 22 heavy (non-hydrogen) atoms. The second-order valence-corrected chi connectivity index (χ2v) is 5.91. The summed E-state index contributed by atoms with van der Waals surface area (Å²) in [7, 11) is 0. The highest BCUT2D eigenvalue weighted by atomic mass is 32.1. The number of nitrogens with two attached hydrogens (primary N) is 1. The predicted molar refractivity (Wildman–Crippen MR) is 88.3 cm³/mol. The summed E-state index contributed by atoms with van der Waals surface area (Å²) in [6.07, 6.45) is 1.60. The molecule has 2 rings (SSSR count). The maximum atomic E-state index is 12.3. The van der Waals surface area contributed by atoms with Gasteiger partial charge in [-0.1, -0.05) is 19.9 Å². The van der Waals surface area contributed by atoms with Gasteiger partial charge in [-0.05, 0) is 17.7 Å². The number of nitrogens with zero attached hydrogens (tertiary/aromatic N) is 1. The van der Waals surface area contributed by atoms with Crippen molar-refractivity contribution in [2.24, 2.45) is 11.7 Å². The van der Waals surface area contributed by atoms with Gasteiger partial charge in [0.2, 0.25) is 0 Å². The van der Waals surface area contributed by atoms with E-state index >= 15 is 0 Å². The summed E-state index contributed by atoms with van der Waals surface area (Å²) in [4.78, 5) is 28.3. The number of hydrogen-bond donors (Lipinski definition) is 3. The smallest absolute Gasteiger partial charge is 0.325 e. The molecule has 0 atom stereocenters. The van der Waals surface area contributed by atoms with E-state index in [2.05, 4.69) is 15.6 Å². The van der Waals surface area contributed by atoms with Crippen LogP contribution in [0.1, 0.15) is 29.8 Å². The van der Waals surface area contributed by atoms with Gasteiger partial charge in [-0.2, -0.15) is 0 Å². The van der Waals surface area contributed by atoms with Gasteiger partial charge in [0.15, 0.2) is 10.9 Å². The molecule has 0 aliphatic rings. The molecule has 0 saturated heterocycles. The van der Waals surface area contributed by atoms with Crippen LogP contribution in [0.3, 0.4) is 0 Å². The van der Waals surface area contributed by atoms with Crippen LogP contribution in [0.15, 0.2) is 29.8 Å². The molecular formula is C15H18N4O2S. The summed E-state index contributed by atoms with van der Waals surface area (Å²) in [5, 5.41) is 7.56. The molecule has 4 N–H and O–H groups in total. The molecular weight excluding hydrogens is 300 g/mol. The SMILES string of the molecule is CC(C)C(=O)c1cc(CN)ccc1NC(=O)Nc1nccs1. The van der Waals surface area contributed by atoms with Gasteiger partial charge in [0.25, 0.3) is 0 Å². The van der Waals surface area contributed by atoms with Crippen LogP contribution in [0.5, 0.6) is 0 Å². The zero-order valence-corrected chi connectivity index (χ0v) is 13.2. The number of carbonyl (C=O) groups is 2. The van der Waals surface area contributed by atoms with Crippen molar-refractivity contribution in [1.82, 2.24) is 4.98 Å². The first kappa shape index (κ1) is 16.1. The molecule has 6 nitrogen and oxygen atoms in total. The van der Waals surface area contributed by atoms with Crippen LogP contribution in [-0.2, 0) is 6.54 Å². The molecule has 0 fully saturated rings. The first-order chi connectivity index (χ1) is 10.5. The maximum Gasteiger partial charge on any atom is 0.325 e. The van der Waals surface area contributed by atoms with Gasteiger partial charge in [0.05, 0.1) is 5.69 Å². The minimum Gasteiger partial charge on any atom is -0.326 e. The fourth-order valence-corrected chi connectivity index (χ4v) is 2.40. The molecule has 0 saturated carbocycles. The van der Waals surface area contributed by atoms with Gasteiger partial charge >= 0.3 is 6.03 Å². The summed E-state index contributed by atoms with van der Waals surface area (Å²) in [6.45, 7) is 3.97. The molecule has 0 aliphatic heterocycles. The van der Waals surface area contributed by atoms with Crippen molar-refractivity contribution in [3.63, 3.8) is 0 Å². The number of thiazole rings is 1. The van der Waals surface area contributed by atoms with Crippen LogP contribution in [0.2, 0.25) is 0 Å². The normalized spacial score (nSPS) is 10.5. The topological polar surface area (TPSA) is 97.1 Å². The molecule has 0 bridgehead atoms. The Bertz CT molecular complexity index is 668. The van der Waals surface area contributed by atoms with Gasteiger partial charge in [0.1, 0.15) is 0 Å². The first-order valence-electron chi connectivity index (χ1n) is 6.86. The van der Waals surface area contributed by atoms with Gasteiger partial charge in [0, 0.05) is 29.6 Å². The van der Waals surface area contributed by atoms with E-state index in [0.717, 1.165) is 5.56 Å². The van der Waals surface area contributed by atoms with E-state index in [9.17, 15) is 9.59 Å². The van der Waals surface area contributed by atoms with Gasteiger partial charge in [-0.15, -0.1) is 11.3 Å². The predicted octanol–water partition coefficient (Wildman–Crippen LogP) is 3.08. The Morgan fingerprint density at radius 1 is 1.32 bits per heavy atom. The number of amides is 2. The average Bonchev–Trinajstić information content (AvgIpc) is 2.99. The Morgan fingerprint density at radius 2 is 2.09 bits per heavy atom. The Labute approximate surface area is 132 Å². The van der Waals surface area contributed by atoms with Crippen molar-refractivity contribution < 1.29 is 9.59 Å². The molecule has 1 aromatic carbocycles. The fraction of sp³-hybridized carbons (Fsp3) is 0.267. The molecule has 0 unspecified atom stereocenters. The number of benzene rings is 1. The minimum atomic E-state index is -0.437. The van der Waals surface area contributed by atoms with Crippen molar-refractivity contribution >= 4 is 34.0 Å². The van der Waals surface area contributed by atoms with Crippen LogP contribution in [0.4, 0.5) is 15.6 Å². The van der Waals surface area contributed by atoms with E-state index in [1.54, 1.807) is 29.8 Å². The van der Waals surface area contributed by atoms with Crippen LogP contribution >= 0.6 is 11.3 Å². The Balaban J connectivity index is 2.22. The van der Waals surface area contributed by atoms with Gasteiger partial charge < -0.3 is 11.1 Å². The molecule has 1 aromatic heterocycles. The summed E-state index contributed by atoms with van der Waals surface area (Å²) >= 11 is 1.32. The number of carbonyl (C=O) groups excluding carboxylic acids is 2. The molecule has 0 aliphatic carbocycles. The van der Waals surface area contributed by atoms with E-state index in [1.165, 1.54) is 11.3 Å². The lowest BCUT2D eigenvalue weighted by atomic mass is 9.97. The summed E-state index contributed by atoms with van der Waals surface area (Å²) in [5.74, 6) is -0.213. The largest absolute Gasteiger partial charge is 0.326 e. The van der Waals surface area contributed by atoms with E-state index in [-0.39, 0.29) is 11.7 Å². The number of aromatic nitrogens is 1. The van der Waals surface area contributed by atoms with Crippen molar-refractivity contribution in [2.45, 2.75) is 20.4 Å². The number of urea groups is 1. The first-order valence-corrected chi connectivity index (χ1v) is 7.74. The number of anilines is 2. The van der Waals surface area contributed by atoms with Crippen LogP contribution < -0.4 is 16.4 Å². The standard InChI is InChI=1S/C15H18N4O2S/c1-9(2)13(20)11-7-10(8-16)3-4-12(11)18-14(21)19-15-17-5-6-22-15/h3-7,9H,8,16H2,1-2H3,(H2,17,18,19,21). The van der Waals surface area contributed by atoms with Crippen LogP contribution in [0, 0.1) is 5.92 Å². The molecule has 2 amide bonds. The number of ketones is 1. The highest BCUT2D eigenvalue weighted by Gasteiger charge is 2.17. The lowest BCUT2D eigenvalue weighted by Crippen LogP contribution is -2.22. The maximum absolute atomic E-state index is 12.3. The molecule has 1 heterocycles. The minimum absolute atomic E-state index is 0.0418. The Hall–Kier alpha value is -2.25. The van der Waals surface area contributed by atoms with E-state index in [4.69, 9.17) is 5.73 Å². The number of rotatable bonds is 5. The van der Waals surface area contributed by atoms with Crippen molar-refractivity contribution in [1.29, 1.82) is 0 Å². The molecule has 0 spiro atoms. The van der Waals surface area contributed by atoms with Crippen molar-refractivity contribution in [3.05, 3.63) is 40.9 Å².